The second-order valence-corrected chi connectivity index (χ2v) is 4.32. The van der Waals surface area contributed by atoms with Crippen LogP contribution in [0.1, 0.15) is 18.9 Å². The summed E-state index contributed by atoms with van der Waals surface area (Å²) in [4.78, 5) is 11.6. The molecule has 78 valence electrons. The van der Waals surface area contributed by atoms with Gasteiger partial charge in [-0.05, 0) is 36.9 Å². The molecule has 1 rings (SSSR count). The number of carbonyl (C=O) groups excluding carboxylic acids is 1. The predicted molar refractivity (Wildman–Crippen MR) is 60.5 cm³/mol. The van der Waals surface area contributed by atoms with Gasteiger partial charge in [-0.3, -0.25) is 4.79 Å². The van der Waals surface area contributed by atoms with Crippen LogP contribution in [0, 0.1) is 12.8 Å². The summed E-state index contributed by atoms with van der Waals surface area (Å²) in [6.07, 6.45) is 0.732. The van der Waals surface area contributed by atoms with Gasteiger partial charge in [0, 0.05) is 5.92 Å². The highest BCUT2D eigenvalue weighted by Gasteiger charge is 2.13. The Morgan fingerprint density at radius 2 is 2.43 bits per heavy atom. The fraction of sp³-hybridized carbons (Fsp3) is 0.500. The SMILES string of the molecule is Cc1ccsc1NC(=O)C(C)CCN. The highest BCUT2D eigenvalue weighted by molar-refractivity contribution is 7.14. The highest BCUT2D eigenvalue weighted by atomic mass is 32.1. The first kappa shape index (κ1) is 11.2. The van der Waals surface area contributed by atoms with Crippen molar-refractivity contribution in [2.24, 2.45) is 11.7 Å². The van der Waals surface area contributed by atoms with Crippen LogP contribution in [0.5, 0.6) is 0 Å². The van der Waals surface area contributed by atoms with Crippen molar-refractivity contribution in [2.45, 2.75) is 20.3 Å². The molecule has 0 radical (unpaired) electrons. The van der Waals surface area contributed by atoms with Gasteiger partial charge in [0.05, 0.1) is 5.00 Å². The molecule has 0 aliphatic heterocycles. The number of hydrogen-bond acceptors (Lipinski definition) is 3. The number of anilines is 1. The Hall–Kier alpha value is -0.870. The van der Waals surface area contributed by atoms with E-state index in [0.29, 0.717) is 6.54 Å². The van der Waals surface area contributed by atoms with Crippen molar-refractivity contribution < 1.29 is 4.79 Å². The largest absolute Gasteiger partial charge is 0.330 e. The molecular weight excluding hydrogens is 196 g/mol. The molecule has 3 nitrogen and oxygen atoms in total. The fourth-order valence-corrected chi connectivity index (χ4v) is 1.94. The lowest BCUT2D eigenvalue weighted by molar-refractivity contribution is -0.119. The van der Waals surface area contributed by atoms with E-state index in [0.717, 1.165) is 17.0 Å². The lowest BCUT2D eigenvalue weighted by Gasteiger charge is -2.10. The molecule has 1 heterocycles. The van der Waals surface area contributed by atoms with Crippen molar-refractivity contribution in [1.82, 2.24) is 0 Å². The smallest absolute Gasteiger partial charge is 0.227 e. The van der Waals surface area contributed by atoms with Gasteiger partial charge < -0.3 is 11.1 Å². The standard InChI is InChI=1S/C10H16N2OS/c1-7(3-5-11)9(13)12-10-8(2)4-6-14-10/h4,6-7H,3,5,11H2,1-2H3,(H,12,13). The number of rotatable bonds is 4. The van der Waals surface area contributed by atoms with E-state index in [1.165, 1.54) is 0 Å². The summed E-state index contributed by atoms with van der Waals surface area (Å²) >= 11 is 1.55. The zero-order chi connectivity index (χ0) is 10.6. The average Bonchev–Trinajstić information content (AvgIpc) is 2.52. The maximum absolute atomic E-state index is 11.6. The van der Waals surface area contributed by atoms with E-state index >= 15 is 0 Å². The maximum atomic E-state index is 11.6. The summed E-state index contributed by atoms with van der Waals surface area (Å²) in [5.74, 6) is 0.0440. The quantitative estimate of drug-likeness (QED) is 0.801. The summed E-state index contributed by atoms with van der Waals surface area (Å²) in [5.41, 5.74) is 6.51. The topological polar surface area (TPSA) is 55.1 Å². The number of hydrogen-bond donors (Lipinski definition) is 2. The van der Waals surface area contributed by atoms with Gasteiger partial charge in [-0.2, -0.15) is 0 Å². The fourth-order valence-electron chi connectivity index (χ4n) is 1.12. The van der Waals surface area contributed by atoms with Crippen LogP contribution in [0.2, 0.25) is 0 Å². The van der Waals surface area contributed by atoms with Crippen molar-refractivity contribution in [3.05, 3.63) is 17.0 Å². The minimum atomic E-state index is -0.0125. The number of aryl methyl sites for hydroxylation is 1. The normalized spacial score (nSPS) is 12.5. The Bertz CT molecular complexity index is 309. The molecular formula is C10H16N2OS. The van der Waals surface area contributed by atoms with Gasteiger partial charge in [0.15, 0.2) is 0 Å². The molecule has 0 fully saturated rings. The van der Waals surface area contributed by atoms with Gasteiger partial charge in [0.2, 0.25) is 5.91 Å². The third-order valence-electron chi connectivity index (χ3n) is 2.15. The Labute approximate surface area is 88.3 Å². The molecule has 1 aromatic rings. The number of nitrogens with two attached hydrogens (primary N) is 1. The van der Waals surface area contributed by atoms with Crippen LogP contribution in [0.3, 0.4) is 0 Å². The molecule has 0 aliphatic rings. The summed E-state index contributed by atoms with van der Waals surface area (Å²) in [5, 5.41) is 5.81. The summed E-state index contributed by atoms with van der Waals surface area (Å²) in [7, 11) is 0. The Balaban J connectivity index is 2.53. The van der Waals surface area contributed by atoms with Crippen LogP contribution < -0.4 is 11.1 Å². The Morgan fingerprint density at radius 1 is 1.71 bits per heavy atom. The second kappa shape index (κ2) is 5.12. The van der Waals surface area contributed by atoms with Crippen LogP contribution >= 0.6 is 11.3 Å². The average molecular weight is 212 g/mol. The Morgan fingerprint density at radius 3 is 2.93 bits per heavy atom. The first-order chi connectivity index (χ1) is 6.65. The van der Waals surface area contributed by atoms with Crippen LogP contribution in [-0.4, -0.2) is 12.5 Å². The summed E-state index contributed by atoms with van der Waals surface area (Å²) in [6.45, 7) is 4.43. The minimum Gasteiger partial charge on any atom is -0.330 e. The molecule has 3 N–H and O–H groups in total. The van der Waals surface area contributed by atoms with E-state index < -0.39 is 0 Å². The van der Waals surface area contributed by atoms with Gasteiger partial charge in [0.25, 0.3) is 0 Å². The molecule has 1 atom stereocenters. The van der Waals surface area contributed by atoms with Crippen molar-refractivity contribution in [3.8, 4) is 0 Å². The van der Waals surface area contributed by atoms with Crippen molar-refractivity contribution in [2.75, 3.05) is 11.9 Å². The highest BCUT2D eigenvalue weighted by Crippen LogP contribution is 2.22. The van der Waals surface area contributed by atoms with Gasteiger partial charge in [0.1, 0.15) is 0 Å². The molecule has 0 saturated carbocycles. The number of carbonyl (C=O) groups is 1. The zero-order valence-corrected chi connectivity index (χ0v) is 9.36. The van der Waals surface area contributed by atoms with Gasteiger partial charge in [-0.1, -0.05) is 6.92 Å². The number of nitrogens with one attached hydrogen (secondary N) is 1. The van der Waals surface area contributed by atoms with E-state index in [-0.39, 0.29) is 11.8 Å². The van der Waals surface area contributed by atoms with Crippen molar-refractivity contribution >= 4 is 22.2 Å². The first-order valence-corrected chi connectivity index (χ1v) is 5.58. The molecule has 1 unspecified atom stereocenters. The van der Waals surface area contributed by atoms with E-state index in [4.69, 9.17) is 5.73 Å². The van der Waals surface area contributed by atoms with E-state index in [1.807, 2.05) is 25.3 Å². The van der Waals surface area contributed by atoms with Crippen LogP contribution in [0.4, 0.5) is 5.00 Å². The zero-order valence-electron chi connectivity index (χ0n) is 8.54. The molecule has 14 heavy (non-hydrogen) atoms. The summed E-state index contributed by atoms with van der Waals surface area (Å²) in [6, 6.07) is 1.99. The van der Waals surface area contributed by atoms with E-state index in [9.17, 15) is 4.79 Å². The van der Waals surface area contributed by atoms with Gasteiger partial charge >= 0.3 is 0 Å². The molecule has 0 spiro atoms. The minimum absolute atomic E-state index is 0.0125. The van der Waals surface area contributed by atoms with Gasteiger partial charge in [-0.25, -0.2) is 0 Å². The van der Waals surface area contributed by atoms with Crippen LogP contribution in [-0.2, 0) is 4.79 Å². The first-order valence-electron chi connectivity index (χ1n) is 4.70. The molecule has 1 amide bonds. The molecule has 0 aromatic carbocycles. The van der Waals surface area contributed by atoms with Crippen LogP contribution in [0.15, 0.2) is 11.4 Å². The van der Waals surface area contributed by atoms with E-state index in [2.05, 4.69) is 5.32 Å². The summed E-state index contributed by atoms with van der Waals surface area (Å²) < 4.78 is 0. The monoisotopic (exact) mass is 212 g/mol. The third kappa shape index (κ3) is 2.82. The molecule has 0 bridgehead atoms. The number of amides is 1. The number of thiophene rings is 1. The maximum Gasteiger partial charge on any atom is 0.227 e. The molecule has 4 heteroatoms. The van der Waals surface area contributed by atoms with Crippen molar-refractivity contribution in [3.63, 3.8) is 0 Å². The lowest BCUT2D eigenvalue weighted by Crippen LogP contribution is -2.22. The van der Waals surface area contributed by atoms with E-state index in [1.54, 1.807) is 11.3 Å². The van der Waals surface area contributed by atoms with Crippen LogP contribution in [0.25, 0.3) is 0 Å². The van der Waals surface area contributed by atoms with Gasteiger partial charge in [-0.15, -0.1) is 11.3 Å². The molecule has 1 aromatic heterocycles. The second-order valence-electron chi connectivity index (χ2n) is 3.40. The Kier molecular flexibility index (Phi) is 4.10. The molecule has 0 aliphatic carbocycles. The lowest BCUT2D eigenvalue weighted by atomic mass is 10.1. The predicted octanol–water partition coefficient (Wildman–Crippen LogP) is 1.98. The third-order valence-corrected chi connectivity index (χ3v) is 3.08. The molecule has 0 saturated heterocycles. The van der Waals surface area contributed by atoms with Crippen molar-refractivity contribution in [1.29, 1.82) is 0 Å².